The molecule has 3 N–H and O–H groups in total. The number of halogens is 1. The van der Waals surface area contributed by atoms with Gasteiger partial charge < -0.3 is 20.3 Å². The Balaban J connectivity index is 1.71. The number of amides is 2. The minimum atomic E-state index is -1.08. The predicted octanol–water partition coefficient (Wildman–Crippen LogP) is 2.00. The normalized spacial score (nSPS) is 13.3. The van der Waals surface area contributed by atoms with Crippen LogP contribution in [0.2, 0.25) is 0 Å². The minimum Gasteiger partial charge on any atom is -0.386 e. The van der Waals surface area contributed by atoms with E-state index in [-0.39, 0.29) is 24.1 Å². The van der Waals surface area contributed by atoms with Crippen molar-refractivity contribution >= 4 is 6.03 Å². The second-order valence-corrected chi connectivity index (χ2v) is 5.86. The van der Waals surface area contributed by atoms with Crippen molar-refractivity contribution < 1.29 is 14.3 Å². The summed E-state index contributed by atoms with van der Waals surface area (Å²) in [6.07, 6.45) is 2.56. The highest BCUT2D eigenvalue weighted by molar-refractivity contribution is 5.73. The van der Waals surface area contributed by atoms with Crippen LogP contribution in [0.15, 0.2) is 36.7 Å². The van der Waals surface area contributed by atoms with Crippen molar-refractivity contribution in [1.82, 2.24) is 20.2 Å². The van der Waals surface area contributed by atoms with Gasteiger partial charge in [0, 0.05) is 37.6 Å². The number of aryl methyl sites for hydroxylation is 1. The highest BCUT2D eigenvalue weighted by Crippen LogP contribution is 2.15. The molecule has 0 spiro atoms. The van der Waals surface area contributed by atoms with Gasteiger partial charge in [0.1, 0.15) is 11.6 Å². The highest BCUT2D eigenvalue weighted by Gasteiger charge is 2.13. The van der Waals surface area contributed by atoms with Crippen molar-refractivity contribution in [2.75, 3.05) is 13.1 Å². The quantitative estimate of drug-likeness (QED) is 0.724. The lowest BCUT2D eigenvalue weighted by molar-refractivity contribution is 0.168. The van der Waals surface area contributed by atoms with Crippen LogP contribution in [0, 0.1) is 18.7 Å². The van der Waals surface area contributed by atoms with Crippen LogP contribution in [0.5, 0.6) is 0 Å². The number of hydrogen-bond acceptors (Lipinski definition) is 3. The first-order valence-corrected chi connectivity index (χ1v) is 7.89. The van der Waals surface area contributed by atoms with E-state index in [4.69, 9.17) is 0 Å². The van der Waals surface area contributed by atoms with E-state index in [9.17, 15) is 14.3 Å². The summed E-state index contributed by atoms with van der Waals surface area (Å²) in [5.41, 5.74) is 0.168. The number of urea groups is 1. The number of carbonyl (C=O) groups is 1. The fraction of sp³-hybridized carbons (Fsp3) is 0.412. The fourth-order valence-electron chi connectivity index (χ4n) is 2.37. The number of nitrogens with one attached hydrogen (secondary N) is 2. The molecule has 1 aromatic heterocycles. The van der Waals surface area contributed by atoms with E-state index in [1.165, 1.54) is 12.1 Å². The summed E-state index contributed by atoms with van der Waals surface area (Å²) in [6, 6.07) is 5.57. The lowest BCUT2D eigenvalue weighted by Gasteiger charge is -2.16. The van der Waals surface area contributed by atoms with E-state index >= 15 is 0 Å². The van der Waals surface area contributed by atoms with Crippen molar-refractivity contribution in [1.29, 1.82) is 0 Å². The number of nitrogens with zero attached hydrogens (tertiary/aromatic N) is 2. The summed E-state index contributed by atoms with van der Waals surface area (Å²) in [5.74, 6) is 0.663. The zero-order chi connectivity index (χ0) is 17.5. The van der Waals surface area contributed by atoms with Gasteiger partial charge in [-0.15, -0.1) is 0 Å². The van der Waals surface area contributed by atoms with Crippen molar-refractivity contribution in [3.63, 3.8) is 0 Å². The third-order valence-electron chi connectivity index (χ3n) is 3.76. The Hall–Kier alpha value is -2.41. The van der Waals surface area contributed by atoms with Crippen molar-refractivity contribution in [2.45, 2.75) is 26.5 Å². The summed E-state index contributed by atoms with van der Waals surface area (Å²) in [5, 5.41) is 15.2. The molecule has 0 aliphatic heterocycles. The molecule has 2 atom stereocenters. The first-order valence-electron chi connectivity index (χ1n) is 7.89. The SMILES string of the molecule is Cc1nccn1CC(C)CNC(=O)NCC(O)c1ccccc1F. The lowest BCUT2D eigenvalue weighted by atomic mass is 10.1. The van der Waals surface area contributed by atoms with Crippen LogP contribution < -0.4 is 10.6 Å². The van der Waals surface area contributed by atoms with Gasteiger partial charge in [0.15, 0.2) is 0 Å². The van der Waals surface area contributed by atoms with Crippen LogP contribution in [0.3, 0.4) is 0 Å². The monoisotopic (exact) mass is 334 g/mol. The second-order valence-electron chi connectivity index (χ2n) is 5.86. The second kappa shape index (κ2) is 8.44. The maximum absolute atomic E-state index is 13.5. The predicted molar refractivity (Wildman–Crippen MR) is 88.9 cm³/mol. The van der Waals surface area contributed by atoms with Gasteiger partial charge in [-0.05, 0) is 18.9 Å². The molecule has 6 nitrogen and oxygen atoms in total. The first-order chi connectivity index (χ1) is 11.5. The van der Waals surface area contributed by atoms with Gasteiger partial charge in [-0.25, -0.2) is 14.2 Å². The van der Waals surface area contributed by atoms with Crippen molar-refractivity contribution in [3.05, 3.63) is 53.9 Å². The summed E-state index contributed by atoms with van der Waals surface area (Å²) in [4.78, 5) is 15.9. The molecule has 1 heterocycles. The van der Waals surface area contributed by atoms with Gasteiger partial charge in [0.05, 0.1) is 6.10 Å². The molecule has 0 radical (unpaired) electrons. The molecule has 0 aliphatic rings. The minimum absolute atomic E-state index is 0.0538. The maximum Gasteiger partial charge on any atom is 0.314 e. The Morgan fingerprint density at radius 3 is 2.71 bits per heavy atom. The number of aliphatic hydroxyl groups is 1. The number of aromatic nitrogens is 2. The topological polar surface area (TPSA) is 79.2 Å². The van der Waals surface area contributed by atoms with E-state index in [0.29, 0.717) is 6.54 Å². The third-order valence-corrected chi connectivity index (χ3v) is 3.76. The number of hydrogen-bond donors (Lipinski definition) is 3. The zero-order valence-corrected chi connectivity index (χ0v) is 13.9. The summed E-state index contributed by atoms with van der Waals surface area (Å²) in [7, 11) is 0. The lowest BCUT2D eigenvalue weighted by Crippen LogP contribution is -2.40. The Morgan fingerprint density at radius 2 is 2.04 bits per heavy atom. The van der Waals surface area contributed by atoms with Crippen LogP contribution in [-0.2, 0) is 6.54 Å². The Morgan fingerprint density at radius 1 is 1.33 bits per heavy atom. The van der Waals surface area contributed by atoms with E-state index in [0.717, 1.165) is 12.4 Å². The van der Waals surface area contributed by atoms with Crippen molar-refractivity contribution in [2.24, 2.45) is 5.92 Å². The summed E-state index contributed by atoms with van der Waals surface area (Å²) < 4.78 is 15.6. The molecule has 2 aromatic rings. The molecule has 0 aliphatic carbocycles. The van der Waals surface area contributed by atoms with Gasteiger partial charge in [-0.3, -0.25) is 0 Å². The Kier molecular flexibility index (Phi) is 6.31. The highest BCUT2D eigenvalue weighted by atomic mass is 19.1. The van der Waals surface area contributed by atoms with Crippen LogP contribution in [0.4, 0.5) is 9.18 Å². The molecule has 2 rings (SSSR count). The van der Waals surface area contributed by atoms with Crippen LogP contribution in [0.25, 0.3) is 0 Å². The Labute approximate surface area is 140 Å². The standard InChI is InChI=1S/C17H23FN4O2/c1-12(11-22-8-7-19-13(22)2)9-20-17(24)21-10-16(23)14-5-3-4-6-15(14)18/h3-8,12,16,23H,9-11H2,1-2H3,(H2,20,21,24). The maximum atomic E-state index is 13.5. The molecule has 130 valence electrons. The molecule has 0 saturated heterocycles. The molecule has 24 heavy (non-hydrogen) atoms. The van der Waals surface area contributed by atoms with E-state index in [2.05, 4.69) is 15.6 Å². The molecule has 0 bridgehead atoms. The summed E-state index contributed by atoms with van der Waals surface area (Å²) >= 11 is 0. The molecular formula is C17H23FN4O2. The van der Waals surface area contributed by atoms with Gasteiger partial charge in [0.2, 0.25) is 0 Å². The third kappa shape index (κ3) is 5.06. The fourth-order valence-corrected chi connectivity index (χ4v) is 2.37. The van der Waals surface area contributed by atoms with E-state index in [1.54, 1.807) is 18.3 Å². The molecule has 2 amide bonds. The number of aliphatic hydroxyl groups excluding tert-OH is 1. The average molecular weight is 334 g/mol. The molecule has 0 fully saturated rings. The Bertz CT molecular complexity index is 674. The number of carbonyl (C=O) groups excluding carboxylic acids is 1. The largest absolute Gasteiger partial charge is 0.386 e. The van der Waals surface area contributed by atoms with Gasteiger partial charge >= 0.3 is 6.03 Å². The van der Waals surface area contributed by atoms with Gasteiger partial charge in [-0.2, -0.15) is 0 Å². The van der Waals surface area contributed by atoms with Gasteiger partial charge in [0.25, 0.3) is 0 Å². The first kappa shape index (κ1) is 17.9. The number of rotatable bonds is 7. The molecule has 1 aromatic carbocycles. The van der Waals surface area contributed by atoms with Crippen molar-refractivity contribution in [3.8, 4) is 0 Å². The number of benzene rings is 1. The van der Waals surface area contributed by atoms with Crippen LogP contribution >= 0.6 is 0 Å². The molecule has 7 heteroatoms. The van der Waals surface area contributed by atoms with Gasteiger partial charge in [-0.1, -0.05) is 25.1 Å². The zero-order valence-electron chi connectivity index (χ0n) is 13.9. The molecule has 0 saturated carbocycles. The summed E-state index contributed by atoms with van der Waals surface area (Å²) in [6.45, 7) is 5.13. The van der Waals surface area contributed by atoms with Crippen LogP contribution in [0.1, 0.15) is 24.4 Å². The molecule has 2 unspecified atom stereocenters. The van der Waals surface area contributed by atoms with E-state index < -0.39 is 11.9 Å². The average Bonchev–Trinajstić information content (AvgIpc) is 2.96. The smallest absolute Gasteiger partial charge is 0.314 e. The molecular weight excluding hydrogens is 311 g/mol. The van der Waals surface area contributed by atoms with Crippen LogP contribution in [-0.4, -0.2) is 33.8 Å². The van der Waals surface area contributed by atoms with E-state index in [1.807, 2.05) is 24.6 Å². The number of imidazole rings is 1.